The summed E-state index contributed by atoms with van der Waals surface area (Å²) in [6.45, 7) is 9.20. The summed E-state index contributed by atoms with van der Waals surface area (Å²) in [5, 5.41) is 0. The number of carbonyl (C=O) groups excluding carboxylic acids is 1. The molecule has 1 aromatic rings. The zero-order valence-corrected chi connectivity index (χ0v) is 15.9. The van der Waals surface area contributed by atoms with Crippen LogP contribution in [0.4, 0.5) is 0 Å². The van der Waals surface area contributed by atoms with Crippen molar-refractivity contribution >= 4 is 11.7 Å². The van der Waals surface area contributed by atoms with Crippen molar-refractivity contribution in [2.45, 2.75) is 38.9 Å². The van der Waals surface area contributed by atoms with E-state index in [0.29, 0.717) is 19.8 Å². The van der Waals surface area contributed by atoms with Gasteiger partial charge in [-0.2, -0.15) is 0 Å². The van der Waals surface area contributed by atoms with Crippen LogP contribution < -0.4 is 5.48 Å². The van der Waals surface area contributed by atoms with E-state index < -0.39 is 11.8 Å². The summed E-state index contributed by atoms with van der Waals surface area (Å²) in [6, 6.07) is 8.11. The van der Waals surface area contributed by atoms with Gasteiger partial charge in [-0.25, -0.2) is 4.79 Å². The van der Waals surface area contributed by atoms with Crippen LogP contribution in [0.2, 0.25) is 0 Å². The molecule has 1 heterocycles. The Morgan fingerprint density at radius 2 is 1.92 bits per heavy atom. The van der Waals surface area contributed by atoms with E-state index in [-0.39, 0.29) is 5.92 Å². The molecule has 0 unspecified atom stereocenters. The lowest BCUT2D eigenvalue weighted by Gasteiger charge is -2.35. The van der Waals surface area contributed by atoms with E-state index in [4.69, 9.17) is 19.0 Å². The fourth-order valence-corrected chi connectivity index (χ4v) is 2.67. The predicted molar refractivity (Wildman–Crippen MR) is 99.0 cm³/mol. The molecule has 26 heavy (non-hydrogen) atoms. The number of carbonyl (C=O) groups is 1. The van der Waals surface area contributed by atoms with E-state index in [1.165, 1.54) is 12.7 Å². The molecule has 144 valence electrons. The molecule has 0 spiro atoms. The second-order valence-corrected chi connectivity index (χ2v) is 6.72. The lowest BCUT2D eigenvalue weighted by atomic mass is 10.0. The number of hydroxylamine groups is 1. The molecule has 0 atom stereocenters. The third-order valence-electron chi connectivity index (χ3n) is 4.45. The average molecular weight is 363 g/mol. The van der Waals surface area contributed by atoms with Crippen LogP contribution in [0.5, 0.6) is 0 Å². The Kier molecular flexibility index (Phi) is 7.63. The number of nitrogens with one attached hydrogen (secondary N) is 1. The van der Waals surface area contributed by atoms with Crippen molar-refractivity contribution in [3.05, 3.63) is 42.0 Å². The molecule has 1 aromatic carbocycles. The van der Waals surface area contributed by atoms with Crippen LogP contribution in [-0.4, -0.2) is 38.7 Å². The first kappa shape index (κ1) is 20.4. The summed E-state index contributed by atoms with van der Waals surface area (Å²) in [4.78, 5) is 17.1. The van der Waals surface area contributed by atoms with Crippen LogP contribution >= 0.6 is 0 Å². The minimum atomic E-state index is -1.27. The molecular weight excluding hydrogens is 334 g/mol. The number of hydrogen-bond acceptors (Lipinski definition) is 6. The maximum absolute atomic E-state index is 11.6. The van der Waals surface area contributed by atoms with Gasteiger partial charge in [-0.15, -0.1) is 0 Å². The highest BCUT2D eigenvalue weighted by Crippen LogP contribution is 2.25. The van der Waals surface area contributed by atoms with E-state index in [9.17, 15) is 4.79 Å². The van der Waals surface area contributed by atoms with Crippen molar-refractivity contribution in [3.63, 3.8) is 0 Å². The molecule has 0 amide bonds. The fourth-order valence-electron chi connectivity index (χ4n) is 2.67. The van der Waals surface area contributed by atoms with E-state index in [0.717, 1.165) is 30.5 Å². The van der Waals surface area contributed by atoms with Crippen LogP contribution in [0.1, 0.15) is 37.3 Å². The van der Waals surface area contributed by atoms with Gasteiger partial charge in [0.15, 0.2) is 0 Å². The molecule has 0 saturated carbocycles. The summed E-state index contributed by atoms with van der Waals surface area (Å²) in [6.07, 6.45) is 2.86. The molecule has 1 fully saturated rings. The van der Waals surface area contributed by atoms with Crippen molar-refractivity contribution in [3.8, 4) is 0 Å². The monoisotopic (exact) mass is 363 g/mol. The maximum Gasteiger partial charge on any atom is 0.366 e. The minimum Gasteiger partial charge on any atom is -0.465 e. The third kappa shape index (κ3) is 5.83. The number of unbranched alkanes of at least 4 members (excludes halogenated alkanes) is 1. The standard InChI is InChI=1S/C20H29NO5/c1-15-8-10-18(11-9-15)16(2)21-26-12-6-5-7-17-13-24-20(3,25-14-17)19(22)23-4/h8-11,17,21H,2,5-7,12-14H2,1,3-4H3. The first-order valence-corrected chi connectivity index (χ1v) is 8.94. The number of esters is 1. The third-order valence-corrected chi connectivity index (χ3v) is 4.45. The molecule has 6 nitrogen and oxygen atoms in total. The Balaban J connectivity index is 1.55. The zero-order chi connectivity index (χ0) is 19.0. The fraction of sp³-hybridized carbons (Fsp3) is 0.550. The second-order valence-electron chi connectivity index (χ2n) is 6.72. The van der Waals surface area contributed by atoms with Crippen molar-refractivity contribution in [1.82, 2.24) is 5.48 Å². The summed E-state index contributed by atoms with van der Waals surface area (Å²) in [7, 11) is 1.33. The molecule has 0 aliphatic carbocycles. The minimum absolute atomic E-state index is 0.281. The van der Waals surface area contributed by atoms with Crippen LogP contribution in [0.25, 0.3) is 5.70 Å². The molecule has 1 aliphatic heterocycles. The highest BCUT2D eigenvalue weighted by atomic mass is 16.7. The van der Waals surface area contributed by atoms with Crippen LogP contribution in [0.15, 0.2) is 30.8 Å². The van der Waals surface area contributed by atoms with Gasteiger partial charge in [0.05, 0.1) is 32.6 Å². The average Bonchev–Trinajstić information content (AvgIpc) is 2.65. The highest BCUT2D eigenvalue weighted by Gasteiger charge is 2.41. The zero-order valence-electron chi connectivity index (χ0n) is 15.9. The molecule has 1 N–H and O–H groups in total. The number of methoxy groups -OCH3 is 1. The van der Waals surface area contributed by atoms with E-state index >= 15 is 0 Å². The SMILES string of the molecule is C=C(NOCCCCC1COC(C)(C(=O)OC)OC1)c1ccc(C)cc1. The van der Waals surface area contributed by atoms with Gasteiger partial charge in [-0.05, 0) is 25.3 Å². The Hall–Kier alpha value is -1.89. The van der Waals surface area contributed by atoms with Gasteiger partial charge in [0, 0.05) is 12.8 Å². The van der Waals surface area contributed by atoms with Crippen LogP contribution in [0.3, 0.4) is 0 Å². The number of hydrogen-bond donors (Lipinski definition) is 1. The Morgan fingerprint density at radius 1 is 1.27 bits per heavy atom. The van der Waals surface area contributed by atoms with Gasteiger partial charge in [0.25, 0.3) is 5.79 Å². The van der Waals surface area contributed by atoms with Gasteiger partial charge in [0.2, 0.25) is 0 Å². The summed E-state index contributed by atoms with van der Waals surface area (Å²) in [5.41, 5.74) is 5.87. The molecular formula is C20H29NO5. The molecule has 6 heteroatoms. The van der Waals surface area contributed by atoms with E-state index in [1.54, 1.807) is 6.92 Å². The van der Waals surface area contributed by atoms with Crippen molar-refractivity contribution < 1.29 is 23.8 Å². The quantitative estimate of drug-likeness (QED) is 0.413. The largest absolute Gasteiger partial charge is 0.465 e. The molecule has 2 rings (SSSR count). The first-order chi connectivity index (χ1) is 12.4. The van der Waals surface area contributed by atoms with E-state index in [1.807, 2.05) is 24.3 Å². The van der Waals surface area contributed by atoms with Crippen molar-refractivity contribution in [2.75, 3.05) is 26.9 Å². The Morgan fingerprint density at radius 3 is 2.54 bits per heavy atom. The van der Waals surface area contributed by atoms with Crippen molar-refractivity contribution in [1.29, 1.82) is 0 Å². The van der Waals surface area contributed by atoms with E-state index in [2.05, 4.69) is 19.0 Å². The maximum atomic E-state index is 11.6. The van der Waals surface area contributed by atoms with Gasteiger partial charge >= 0.3 is 5.97 Å². The Labute approximate surface area is 155 Å². The Bertz CT molecular complexity index is 591. The smallest absolute Gasteiger partial charge is 0.366 e. The molecule has 0 aromatic heterocycles. The number of aryl methyl sites for hydroxylation is 1. The predicted octanol–water partition coefficient (Wildman–Crippen LogP) is 3.21. The number of benzene rings is 1. The first-order valence-electron chi connectivity index (χ1n) is 8.94. The molecule has 0 radical (unpaired) electrons. The van der Waals surface area contributed by atoms with Gasteiger partial charge in [-0.3, -0.25) is 10.3 Å². The van der Waals surface area contributed by atoms with Gasteiger partial charge in [-0.1, -0.05) is 42.8 Å². The molecule has 1 saturated heterocycles. The van der Waals surface area contributed by atoms with Gasteiger partial charge in [0.1, 0.15) is 0 Å². The lowest BCUT2D eigenvalue weighted by molar-refractivity contribution is -0.272. The topological polar surface area (TPSA) is 66.0 Å². The van der Waals surface area contributed by atoms with Crippen LogP contribution in [-0.2, 0) is 23.8 Å². The van der Waals surface area contributed by atoms with Crippen molar-refractivity contribution in [2.24, 2.45) is 5.92 Å². The summed E-state index contributed by atoms with van der Waals surface area (Å²) < 4.78 is 15.8. The highest BCUT2D eigenvalue weighted by molar-refractivity contribution is 5.77. The summed E-state index contributed by atoms with van der Waals surface area (Å²) >= 11 is 0. The number of ether oxygens (including phenoxy) is 3. The molecule has 1 aliphatic rings. The second kappa shape index (κ2) is 9.71. The number of rotatable bonds is 9. The molecule has 0 bridgehead atoms. The van der Waals surface area contributed by atoms with Gasteiger partial charge < -0.3 is 14.2 Å². The lowest BCUT2D eigenvalue weighted by Crippen LogP contribution is -2.48. The van der Waals surface area contributed by atoms with Crippen LogP contribution in [0, 0.1) is 12.8 Å². The normalized spacial score (nSPS) is 22.7. The summed E-state index contributed by atoms with van der Waals surface area (Å²) in [5.74, 6) is -1.48.